The first kappa shape index (κ1) is 19.6. The number of aromatic nitrogens is 1. The van der Waals surface area contributed by atoms with Gasteiger partial charge in [-0.1, -0.05) is 0 Å². The number of hydrogen-bond donors (Lipinski definition) is 2. The van der Waals surface area contributed by atoms with Crippen LogP contribution < -0.4 is 14.2 Å². The SMILES string of the molecule is CCOC(=O)c1c(C)[nH]c(C)c1S(=O)(=O)Nc1cc(OC)ccc1OC. The molecule has 1 heterocycles. The second-order valence-corrected chi connectivity index (χ2v) is 7.09. The van der Waals surface area contributed by atoms with Gasteiger partial charge in [-0.3, -0.25) is 4.72 Å². The van der Waals surface area contributed by atoms with Crippen molar-refractivity contribution in [2.75, 3.05) is 25.5 Å². The standard InChI is InChI=1S/C17H22N2O6S/c1-6-25-17(20)15-10(2)18-11(3)16(15)26(21,22)19-13-9-12(23-4)7-8-14(13)24-5/h7-9,18-19H,6H2,1-5H3. The normalized spacial score (nSPS) is 11.1. The van der Waals surface area contributed by atoms with Crippen LogP contribution in [0.2, 0.25) is 0 Å². The third-order valence-electron chi connectivity index (χ3n) is 3.72. The highest BCUT2D eigenvalue weighted by Gasteiger charge is 2.30. The first-order valence-corrected chi connectivity index (χ1v) is 9.34. The molecule has 0 aliphatic carbocycles. The molecular weight excluding hydrogens is 360 g/mol. The van der Waals surface area contributed by atoms with E-state index in [0.717, 1.165) is 0 Å². The van der Waals surface area contributed by atoms with Gasteiger partial charge < -0.3 is 19.2 Å². The molecule has 0 saturated heterocycles. The molecule has 0 aliphatic heterocycles. The van der Waals surface area contributed by atoms with Gasteiger partial charge in [-0.15, -0.1) is 0 Å². The number of benzene rings is 1. The molecule has 0 atom stereocenters. The molecule has 26 heavy (non-hydrogen) atoms. The molecule has 1 aromatic carbocycles. The van der Waals surface area contributed by atoms with Crippen LogP contribution in [-0.2, 0) is 14.8 Å². The van der Waals surface area contributed by atoms with E-state index in [1.165, 1.54) is 20.3 Å². The fourth-order valence-corrected chi connectivity index (χ4v) is 4.14. The van der Waals surface area contributed by atoms with Crippen molar-refractivity contribution >= 4 is 21.7 Å². The Hall–Kier alpha value is -2.68. The van der Waals surface area contributed by atoms with Crippen molar-refractivity contribution in [3.8, 4) is 11.5 Å². The van der Waals surface area contributed by atoms with Gasteiger partial charge in [0.05, 0.1) is 26.5 Å². The van der Waals surface area contributed by atoms with Gasteiger partial charge in [0.25, 0.3) is 10.0 Å². The van der Waals surface area contributed by atoms with Crippen molar-refractivity contribution in [3.63, 3.8) is 0 Å². The lowest BCUT2D eigenvalue weighted by atomic mass is 10.2. The summed E-state index contributed by atoms with van der Waals surface area (Å²) in [5.41, 5.74) is 0.928. The van der Waals surface area contributed by atoms with Crippen molar-refractivity contribution in [3.05, 3.63) is 35.2 Å². The van der Waals surface area contributed by atoms with Gasteiger partial charge in [0, 0.05) is 17.5 Å². The van der Waals surface area contributed by atoms with Crippen LogP contribution in [0.4, 0.5) is 5.69 Å². The van der Waals surface area contributed by atoms with E-state index in [1.54, 1.807) is 32.9 Å². The molecule has 0 saturated carbocycles. The van der Waals surface area contributed by atoms with Crippen LogP contribution in [0.25, 0.3) is 0 Å². The van der Waals surface area contributed by atoms with Crippen molar-refractivity contribution < 1.29 is 27.4 Å². The summed E-state index contributed by atoms with van der Waals surface area (Å²) in [6, 6.07) is 4.72. The molecule has 142 valence electrons. The monoisotopic (exact) mass is 382 g/mol. The Balaban J connectivity index is 2.54. The fraction of sp³-hybridized carbons (Fsp3) is 0.353. The zero-order valence-corrected chi connectivity index (χ0v) is 16.1. The fourth-order valence-electron chi connectivity index (χ4n) is 2.63. The molecule has 2 rings (SSSR count). The smallest absolute Gasteiger partial charge is 0.341 e. The highest BCUT2D eigenvalue weighted by molar-refractivity contribution is 7.92. The quantitative estimate of drug-likeness (QED) is 0.713. The van der Waals surface area contributed by atoms with E-state index in [2.05, 4.69) is 9.71 Å². The van der Waals surface area contributed by atoms with E-state index < -0.39 is 16.0 Å². The molecule has 0 bridgehead atoms. The lowest BCUT2D eigenvalue weighted by Crippen LogP contribution is -2.18. The number of carbonyl (C=O) groups excluding carboxylic acids is 1. The number of hydrogen-bond acceptors (Lipinski definition) is 6. The second kappa shape index (κ2) is 7.69. The third kappa shape index (κ3) is 3.77. The molecule has 2 N–H and O–H groups in total. The Morgan fingerprint density at radius 3 is 2.42 bits per heavy atom. The number of aryl methyl sites for hydroxylation is 2. The zero-order chi connectivity index (χ0) is 19.5. The lowest BCUT2D eigenvalue weighted by Gasteiger charge is -2.14. The Kier molecular flexibility index (Phi) is 5.81. The summed E-state index contributed by atoms with van der Waals surface area (Å²) in [6.07, 6.45) is 0. The summed E-state index contributed by atoms with van der Waals surface area (Å²) in [4.78, 5) is 15.0. The Labute approximate surface area is 152 Å². The average molecular weight is 382 g/mol. The maximum atomic E-state index is 13.0. The molecule has 0 fully saturated rings. The van der Waals surface area contributed by atoms with Crippen LogP contribution >= 0.6 is 0 Å². The Morgan fingerprint density at radius 2 is 1.85 bits per heavy atom. The molecule has 1 aromatic heterocycles. The molecule has 0 unspecified atom stereocenters. The van der Waals surface area contributed by atoms with Crippen LogP contribution in [0, 0.1) is 13.8 Å². The van der Waals surface area contributed by atoms with Gasteiger partial charge in [-0.2, -0.15) is 0 Å². The first-order valence-electron chi connectivity index (χ1n) is 7.86. The number of carbonyl (C=O) groups is 1. The summed E-state index contributed by atoms with van der Waals surface area (Å²) in [6.45, 7) is 4.98. The van der Waals surface area contributed by atoms with E-state index in [9.17, 15) is 13.2 Å². The molecule has 0 aliphatic rings. The maximum Gasteiger partial charge on any atom is 0.341 e. The number of esters is 1. The van der Waals surface area contributed by atoms with E-state index in [1.807, 2.05) is 0 Å². The van der Waals surface area contributed by atoms with Crippen molar-refractivity contribution in [1.82, 2.24) is 4.98 Å². The number of sulfonamides is 1. The number of methoxy groups -OCH3 is 2. The molecule has 0 radical (unpaired) electrons. The van der Waals surface area contributed by atoms with Crippen molar-refractivity contribution in [2.45, 2.75) is 25.7 Å². The minimum absolute atomic E-state index is 0.0151. The maximum absolute atomic E-state index is 13.0. The van der Waals surface area contributed by atoms with E-state index in [4.69, 9.17) is 14.2 Å². The number of aromatic amines is 1. The molecular formula is C17H22N2O6S. The number of nitrogens with one attached hydrogen (secondary N) is 2. The Bertz CT molecular complexity index is 918. The van der Waals surface area contributed by atoms with E-state index >= 15 is 0 Å². The van der Waals surface area contributed by atoms with Gasteiger partial charge in [0.2, 0.25) is 0 Å². The molecule has 8 nitrogen and oxygen atoms in total. The molecule has 0 spiro atoms. The van der Waals surface area contributed by atoms with Crippen LogP contribution in [0.15, 0.2) is 23.1 Å². The second-order valence-electron chi connectivity index (χ2n) is 5.47. The van der Waals surface area contributed by atoms with Gasteiger partial charge in [0.1, 0.15) is 22.0 Å². The Morgan fingerprint density at radius 1 is 1.15 bits per heavy atom. The minimum atomic E-state index is -4.09. The van der Waals surface area contributed by atoms with Crippen LogP contribution in [0.1, 0.15) is 28.7 Å². The highest BCUT2D eigenvalue weighted by Crippen LogP contribution is 2.33. The van der Waals surface area contributed by atoms with E-state index in [0.29, 0.717) is 22.9 Å². The predicted octanol–water partition coefficient (Wildman–Crippen LogP) is 2.63. The summed E-state index contributed by atoms with van der Waals surface area (Å²) in [5.74, 6) is 0.0698. The largest absolute Gasteiger partial charge is 0.497 e. The van der Waals surface area contributed by atoms with Crippen molar-refractivity contribution in [1.29, 1.82) is 0 Å². The summed E-state index contributed by atoms with van der Waals surface area (Å²) in [5, 5.41) is 0. The number of rotatable bonds is 7. The average Bonchev–Trinajstić information content (AvgIpc) is 2.89. The summed E-state index contributed by atoms with van der Waals surface area (Å²) >= 11 is 0. The van der Waals surface area contributed by atoms with Gasteiger partial charge in [-0.05, 0) is 32.9 Å². The lowest BCUT2D eigenvalue weighted by molar-refractivity contribution is 0.0521. The molecule has 0 amide bonds. The summed E-state index contributed by atoms with van der Waals surface area (Å²) < 4.78 is 43.8. The number of ether oxygens (including phenoxy) is 3. The third-order valence-corrected chi connectivity index (χ3v) is 5.25. The van der Waals surface area contributed by atoms with Gasteiger partial charge >= 0.3 is 5.97 Å². The van der Waals surface area contributed by atoms with Crippen LogP contribution in [0.3, 0.4) is 0 Å². The first-order chi connectivity index (χ1) is 12.2. The molecule has 9 heteroatoms. The van der Waals surface area contributed by atoms with Crippen LogP contribution in [0.5, 0.6) is 11.5 Å². The van der Waals surface area contributed by atoms with Gasteiger partial charge in [-0.25, -0.2) is 13.2 Å². The summed E-state index contributed by atoms with van der Waals surface area (Å²) in [7, 11) is -1.20. The predicted molar refractivity (Wildman–Crippen MR) is 96.6 cm³/mol. The minimum Gasteiger partial charge on any atom is -0.497 e. The number of H-pyrrole nitrogens is 1. The highest BCUT2D eigenvalue weighted by atomic mass is 32.2. The van der Waals surface area contributed by atoms with Crippen LogP contribution in [-0.4, -0.2) is 40.2 Å². The molecule has 2 aromatic rings. The zero-order valence-electron chi connectivity index (χ0n) is 15.3. The topological polar surface area (TPSA) is 107 Å². The van der Waals surface area contributed by atoms with Crippen molar-refractivity contribution in [2.24, 2.45) is 0 Å². The van der Waals surface area contributed by atoms with Gasteiger partial charge in [0.15, 0.2) is 0 Å². The van der Waals surface area contributed by atoms with E-state index in [-0.39, 0.29) is 22.8 Å². The number of anilines is 1.